The summed E-state index contributed by atoms with van der Waals surface area (Å²) in [5.74, 6) is -0.0298. The van der Waals surface area contributed by atoms with Gasteiger partial charge in [0.25, 0.3) is 11.5 Å². The Labute approximate surface area is 261 Å². The summed E-state index contributed by atoms with van der Waals surface area (Å²) in [6, 6.07) is 16.6. The number of benzene rings is 3. The number of para-hydroxylation sites is 1. The average Bonchev–Trinajstić information content (AvgIpc) is 3.02. The summed E-state index contributed by atoms with van der Waals surface area (Å²) in [5, 5.41) is 0.615. The number of halogens is 4. The lowest BCUT2D eigenvalue weighted by Crippen LogP contribution is -2.55. The summed E-state index contributed by atoms with van der Waals surface area (Å²) in [6.45, 7) is 3.12. The zero-order valence-corrected chi connectivity index (χ0v) is 25.4. The third-order valence-electron chi connectivity index (χ3n) is 7.77. The summed E-state index contributed by atoms with van der Waals surface area (Å²) in [6.07, 6.45) is -2.11. The van der Waals surface area contributed by atoms with Gasteiger partial charge in [0.1, 0.15) is 5.82 Å². The predicted molar refractivity (Wildman–Crippen MR) is 165 cm³/mol. The van der Waals surface area contributed by atoms with Crippen molar-refractivity contribution in [1.29, 1.82) is 0 Å². The molecule has 0 spiro atoms. The molecule has 236 valence electrons. The van der Waals surface area contributed by atoms with Gasteiger partial charge in [-0.25, -0.2) is 9.37 Å². The van der Waals surface area contributed by atoms with Gasteiger partial charge in [0.05, 0.1) is 22.2 Å². The number of carbonyl (C=O) groups is 2. The molecule has 1 aliphatic rings. The van der Waals surface area contributed by atoms with E-state index in [0.29, 0.717) is 66.3 Å². The Morgan fingerprint density at radius 3 is 2.44 bits per heavy atom. The van der Waals surface area contributed by atoms with Crippen LogP contribution in [0, 0.1) is 5.82 Å². The van der Waals surface area contributed by atoms with E-state index < -0.39 is 23.1 Å². The molecule has 0 bridgehead atoms. The molecular formula is C33H32F4N4O3S. The lowest BCUT2D eigenvalue weighted by molar-refractivity contribution is -0.137. The first-order chi connectivity index (χ1) is 21.5. The number of nitrogens with zero attached hydrogens (tertiary/aromatic N) is 4. The van der Waals surface area contributed by atoms with Crippen LogP contribution in [0.4, 0.5) is 17.6 Å². The Kier molecular flexibility index (Phi) is 9.91. The van der Waals surface area contributed by atoms with Gasteiger partial charge in [-0.3, -0.25) is 19.0 Å². The summed E-state index contributed by atoms with van der Waals surface area (Å²) in [7, 11) is 0. The van der Waals surface area contributed by atoms with Gasteiger partial charge in [-0.15, -0.1) is 0 Å². The number of aromatic nitrogens is 2. The van der Waals surface area contributed by atoms with E-state index in [2.05, 4.69) is 4.98 Å². The summed E-state index contributed by atoms with van der Waals surface area (Å²) < 4.78 is 54.7. The number of rotatable bonds is 9. The van der Waals surface area contributed by atoms with Crippen molar-refractivity contribution >= 4 is 34.5 Å². The van der Waals surface area contributed by atoms with Crippen LogP contribution in [-0.2, 0) is 11.0 Å². The average molecular weight is 641 g/mol. The predicted octanol–water partition coefficient (Wildman–Crippen LogP) is 6.57. The molecule has 2 heterocycles. The zero-order chi connectivity index (χ0) is 32.1. The minimum atomic E-state index is -4.55. The van der Waals surface area contributed by atoms with Crippen LogP contribution in [0.5, 0.6) is 0 Å². The fourth-order valence-electron chi connectivity index (χ4n) is 5.38. The zero-order valence-electron chi connectivity index (χ0n) is 24.6. The van der Waals surface area contributed by atoms with Crippen molar-refractivity contribution in [2.75, 3.05) is 25.4 Å². The van der Waals surface area contributed by atoms with E-state index in [9.17, 15) is 31.9 Å². The maximum Gasteiger partial charge on any atom is 0.416 e. The fraction of sp³-hybridized carbons (Fsp3) is 0.333. The van der Waals surface area contributed by atoms with Crippen molar-refractivity contribution in [2.45, 2.75) is 50.0 Å². The van der Waals surface area contributed by atoms with Crippen molar-refractivity contribution in [3.8, 4) is 5.69 Å². The van der Waals surface area contributed by atoms with Crippen molar-refractivity contribution in [3.05, 3.63) is 100 Å². The first-order valence-corrected chi connectivity index (χ1v) is 15.7. The molecule has 5 rings (SSSR count). The van der Waals surface area contributed by atoms with E-state index in [1.54, 1.807) is 34.1 Å². The number of thioether (sulfide) groups is 1. The van der Waals surface area contributed by atoms with E-state index in [1.807, 2.05) is 6.92 Å². The largest absolute Gasteiger partial charge is 0.416 e. The Morgan fingerprint density at radius 2 is 1.71 bits per heavy atom. The van der Waals surface area contributed by atoms with Crippen LogP contribution in [0.1, 0.15) is 48.5 Å². The molecule has 0 N–H and O–H groups in total. The molecule has 1 aromatic heterocycles. The second-order valence-corrected chi connectivity index (χ2v) is 12.0. The highest BCUT2D eigenvalue weighted by Gasteiger charge is 2.31. The number of piperazine rings is 1. The second kappa shape index (κ2) is 13.8. The fourth-order valence-corrected chi connectivity index (χ4v) is 6.39. The van der Waals surface area contributed by atoms with Crippen LogP contribution in [-0.4, -0.2) is 62.6 Å². The normalized spacial score (nSPS) is 15.4. The monoisotopic (exact) mass is 640 g/mol. The molecule has 1 unspecified atom stereocenters. The number of hydrogen-bond acceptors (Lipinski definition) is 5. The van der Waals surface area contributed by atoms with Crippen molar-refractivity contribution in [2.24, 2.45) is 0 Å². The van der Waals surface area contributed by atoms with Crippen LogP contribution < -0.4 is 5.56 Å². The van der Waals surface area contributed by atoms with Crippen molar-refractivity contribution < 1.29 is 27.2 Å². The molecule has 1 fully saturated rings. The first-order valence-electron chi connectivity index (χ1n) is 14.7. The molecule has 2 amide bonds. The third-order valence-corrected chi connectivity index (χ3v) is 8.80. The highest BCUT2D eigenvalue weighted by atomic mass is 32.2. The molecule has 3 aromatic carbocycles. The van der Waals surface area contributed by atoms with Gasteiger partial charge in [0.2, 0.25) is 5.91 Å². The molecule has 7 nitrogen and oxygen atoms in total. The number of fused-ring (bicyclic) bond motifs is 1. The molecule has 0 aliphatic carbocycles. The summed E-state index contributed by atoms with van der Waals surface area (Å²) in [4.78, 5) is 47.2. The lowest BCUT2D eigenvalue weighted by atomic mass is 10.1. The quantitative estimate of drug-likeness (QED) is 0.0896. The van der Waals surface area contributed by atoms with Crippen molar-refractivity contribution in [3.63, 3.8) is 0 Å². The highest BCUT2D eigenvalue weighted by molar-refractivity contribution is 7.99. The third kappa shape index (κ3) is 7.55. The summed E-state index contributed by atoms with van der Waals surface area (Å²) >= 11 is 1.29. The van der Waals surface area contributed by atoms with Gasteiger partial charge in [-0.2, -0.15) is 13.2 Å². The van der Waals surface area contributed by atoms with E-state index in [4.69, 9.17) is 0 Å². The smallest absolute Gasteiger partial charge is 0.339 e. The van der Waals surface area contributed by atoms with Crippen LogP contribution >= 0.6 is 11.8 Å². The number of alkyl halides is 3. The second-order valence-electron chi connectivity index (χ2n) is 11.0. The van der Waals surface area contributed by atoms with Crippen LogP contribution in [0.3, 0.4) is 0 Å². The lowest BCUT2D eigenvalue weighted by Gasteiger charge is -2.40. The summed E-state index contributed by atoms with van der Waals surface area (Å²) in [5.41, 5.74) is -0.327. The van der Waals surface area contributed by atoms with Crippen molar-refractivity contribution in [1.82, 2.24) is 19.4 Å². The van der Waals surface area contributed by atoms with Gasteiger partial charge < -0.3 is 9.80 Å². The number of hydrogen-bond donors (Lipinski definition) is 0. The molecule has 1 aliphatic heterocycles. The molecule has 1 saturated heterocycles. The van der Waals surface area contributed by atoms with Crippen LogP contribution in [0.2, 0.25) is 0 Å². The molecule has 0 radical (unpaired) electrons. The minimum absolute atomic E-state index is 0.0120. The SMILES string of the molecule is CC1CN(C(=O)CCCCCSc2nc3ccccc3c(=O)n2-c2cccc(C(F)(F)F)c2)CCN1C(=O)c1ccc(F)cc1. The maximum atomic E-state index is 13.4. The topological polar surface area (TPSA) is 75.5 Å². The Balaban J connectivity index is 1.15. The van der Waals surface area contributed by atoms with Gasteiger partial charge in [-0.1, -0.05) is 36.4 Å². The maximum absolute atomic E-state index is 13.4. The number of carbonyl (C=O) groups excluding carboxylic acids is 2. The van der Waals surface area contributed by atoms with E-state index >= 15 is 0 Å². The molecular weight excluding hydrogens is 608 g/mol. The van der Waals surface area contributed by atoms with E-state index in [0.717, 1.165) is 18.6 Å². The van der Waals surface area contributed by atoms with E-state index in [-0.39, 0.29) is 23.5 Å². The van der Waals surface area contributed by atoms with Gasteiger partial charge in [-0.05, 0) is 74.4 Å². The highest BCUT2D eigenvalue weighted by Crippen LogP contribution is 2.31. The van der Waals surface area contributed by atoms with Gasteiger partial charge in [0, 0.05) is 43.4 Å². The van der Waals surface area contributed by atoms with Crippen LogP contribution in [0.15, 0.2) is 82.7 Å². The van der Waals surface area contributed by atoms with Crippen LogP contribution in [0.25, 0.3) is 16.6 Å². The number of unbranched alkanes of at least 4 members (excludes halogenated alkanes) is 2. The minimum Gasteiger partial charge on any atom is -0.339 e. The van der Waals surface area contributed by atoms with Gasteiger partial charge >= 0.3 is 6.18 Å². The molecule has 4 aromatic rings. The molecule has 0 saturated carbocycles. The standard InChI is InChI=1S/C33H32F4N4O3S/c1-22-21-39(17-18-40(22)30(43)23-13-15-25(34)16-14-23)29(42)12-3-2-6-19-45-32-38-28-11-5-4-10-27(28)31(44)41(32)26-9-7-8-24(20-26)33(35,36)37/h4-5,7-11,13-16,20,22H,2-3,6,12,17-19,21H2,1H3. The van der Waals surface area contributed by atoms with Gasteiger partial charge in [0.15, 0.2) is 5.16 Å². The number of amides is 2. The first kappa shape index (κ1) is 32.2. The molecule has 45 heavy (non-hydrogen) atoms. The Bertz CT molecular complexity index is 1740. The molecule has 12 heteroatoms. The van der Waals surface area contributed by atoms with E-state index in [1.165, 1.54) is 52.7 Å². The molecule has 1 atom stereocenters. The Hall–Kier alpha value is -4.19. The Morgan fingerprint density at radius 1 is 0.956 bits per heavy atom.